The van der Waals surface area contributed by atoms with Crippen LogP contribution in [-0.2, 0) is 4.79 Å². The maximum absolute atomic E-state index is 12.9. The maximum atomic E-state index is 12.9. The number of carbonyl (C=O) groups is 3. The lowest BCUT2D eigenvalue weighted by Gasteiger charge is -2.46. The van der Waals surface area contributed by atoms with Crippen molar-refractivity contribution in [3.63, 3.8) is 0 Å². The number of nitrogens with one attached hydrogen (secondary N) is 2. The third kappa shape index (κ3) is 2.85. The Morgan fingerprint density at radius 1 is 1.36 bits per heavy atom. The van der Waals surface area contributed by atoms with E-state index in [-0.39, 0.29) is 6.04 Å². The second kappa shape index (κ2) is 6.80. The summed E-state index contributed by atoms with van der Waals surface area (Å²) in [4.78, 5) is 44.6. The van der Waals surface area contributed by atoms with Crippen LogP contribution in [0.15, 0.2) is 4.99 Å². The molecule has 3 aliphatic rings. The number of imide groups is 2. The number of hydrogen-bond acceptors (Lipinski definition) is 6. The largest absolute Gasteiger partial charge is 0.335 e. The van der Waals surface area contributed by atoms with Gasteiger partial charge in [0, 0.05) is 19.1 Å². The van der Waals surface area contributed by atoms with E-state index in [2.05, 4.69) is 15.6 Å². The van der Waals surface area contributed by atoms with Crippen LogP contribution in [0.25, 0.3) is 0 Å². The summed E-state index contributed by atoms with van der Waals surface area (Å²) in [5, 5.41) is 5.43. The molecule has 2 atom stereocenters. The zero-order valence-corrected chi connectivity index (χ0v) is 15.1. The fourth-order valence-corrected chi connectivity index (χ4v) is 3.85. The summed E-state index contributed by atoms with van der Waals surface area (Å²) < 4.78 is 0. The Hall–Kier alpha value is -1.87. The predicted octanol–water partition coefficient (Wildman–Crippen LogP) is 0.357. The van der Waals surface area contributed by atoms with Crippen molar-refractivity contribution in [2.45, 2.75) is 43.9 Å². The minimum absolute atomic E-state index is 0.0568. The van der Waals surface area contributed by atoms with Gasteiger partial charge < -0.3 is 15.1 Å². The first-order chi connectivity index (χ1) is 11.9. The fourth-order valence-electron chi connectivity index (χ4n) is 3.55. The van der Waals surface area contributed by atoms with Crippen LogP contribution in [-0.4, -0.2) is 82.4 Å². The number of amides is 5. The number of piperidine rings is 1. The van der Waals surface area contributed by atoms with E-state index in [9.17, 15) is 14.4 Å². The minimum Gasteiger partial charge on any atom is -0.335 e. The van der Waals surface area contributed by atoms with Gasteiger partial charge in [-0.25, -0.2) is 19.5 Å². The SMILES string of the molecule is CCN(CC)C(=O)N1C(=O)NC(=O)C2(Cl)N=CN(C3CCNCC3)C12. The molecule has 2 N–H and O–H groups in total. The number of aliphatic imine (C=N–C) groups is 1. The van der Waals surface area contributed by atoms with Gasteiger partial charge in [0.1, 0.15) is 0 Å². The number of nitrogens with zero attached hydrogens (tertiary/aromatic N) is 4. The van der Waals surface area contributed by atoms with E-state index in [0.29, 0.717) is 13.1 Å². The second-order valence-corrected chi connectivity index (χ2v) is 6.88. The highest BCUT2D eigenvalue weighted by molar-refractivity contribution is 6.38. The minimum atomic E-state index is -1.71. The number of fused-ring (bicyclic) bond motifs is 1. The Labute approximate surface area is 151 Å². The molecule has 3 heterocycles. The first-order valence-corrected chi connectivity index (χ1v) is 8.97. The molecule has 0 aromatic carbocycles. The summed E-state index contributed by atoms with van der Waals surface area (Å²) in [6.07, 6.45) is 2.19. The Bertz CT molecular complexity index is 604. The molecule has 2 saturated heterocycles. The predicted molar refractivity (Wildman–Crippen MR) is 92.3 cm³/mol. The quantitative estimate of drug-likeness (QED) is 0.552. The number of hydrogen-bond donors (Lipinski definition) is 2. The van der Waals surface area contributed by atoms with Crippen LogP contribution in [0.4, 0.5) is 9.59 Å². The zero-order valence-electron chi connectivity index (χ0n) is 14.4. The average molecular weight is 371 g/mol. The first kappa shape index (κ1) is 17.9. The molecule has 0 aliphatic carbocycles. The molecule has 9 nitrogen and oxygen atoms in total. The van der Waals surface area contributed by atoms with E-state index in [1.165, 1.54) is 11.2 Å². The molecular weight excluding hydrogens is 348 g/mol. The van der Waals surface area contributed by atoms with E-state index in [1.54, 1.807) is 4.90 Å². The smallest absolute Gasteiger partial charge is 0.334 e. The van der Waals surface area contributed by atoms with E-state index >= 15 is 0 Å². The van der Waals surface area contributed by atoms with Crippen molar-refractivity contribution in [2.24, 2.45) is 4.99 Å². The van der Waals surface area contributed by atoms with Gasteiger partial charge in [-0.1, -0.05) is 11.6 Å². The summed E-state index contributed by atoms with van der Waals surface area (Å²) in [7, 11) is 0. The molecule has 3 rings (SSSR count). The van der Waals surface area contributed by atoms with Crippen LogP contribution in [0, 0.1) is 0 Å². The van der Waals surface area contributed by atoms with Gasteiger partial charge in [-0.15, -0.1) is 0 Å². The van der Waals surface area contributed by atoms with Gasteiger partial charge in [0.2, 0.25) is 0 Å². The number of alkyl halides is 1. The number of carbonyl (C=O) groups excluding carboxylic acids is 3. The summed E-state index contributed by atoms with van der Waals surface area (Å²) in [6, 6.07) is -1.18. The van der Waals surface area contributed by atoms with Gasteiger partial charge in [0.05, 0.1) is 6.34 Å². The number of rotatable bonds is 3. The fraction of sp³-hybridized carbons (Fsp3) is 0.733. The molecule has 3 aliphatic heterocycles. The molecule has 0 aromatic rings. The standard InChI is InChI=1S/C15H23ClN6O3/c1-3-20(4-2)14(25)22-12-15(16,11(23)19-13(22)24)18-9-21(12)10-5-7-17-8-6-10/h9-10,12,17H,3-8H2,1-2H3,(H,19,23,24). The van der Waals surface area contributed by atoms with Crippen molar-refractivity contribution in [3.8, 4) is 0 Å². The molecule has 25 heavy (non-hydrogen) atoms. The highest BCUT2D eigenvalue weighted by Gasteiger charge is 2.61. The topological polar surface area (TPSA) is 97.3 Å². The average Bonchev–Trinajstić information content (AvgIpc) is 2.96. The normalized spacial score (nSPS) is 29.6. The molecule has 2 fully saturated rings. The molecule has 0 aromatic heterocycles. The van der Waals surface area contributed by atoms with Crippen molar-refractivity contribution in [1.82, 2.24) is 25.3 Å². The summed E-state index contributed by atoms with van der Waals surface area (Å²) in [6.45, 7) is 6.20. The van der Waals surface area contributed by atoms with Crippen molar-refractivity contribution >= 4 is 35.9 Å². The molecule has 5 amide bonds. The highest BCUT2D eigenvalue weighted by atomic mass is 35.5. The first-order valence-electron chi connectivity index (χ1n) is 8.60. The van der Waals surface area contributed by atoms with Crippen molar-refractivity contribution in [1.29, 1.82) is 0 Å². The Balaban J connectivity index is 1.96. The van der Waals surface area contributed by atoms with Gasteiger partial charge in [-0.2, -0.15) is 0 Å². The lowest BCUT2D eigenvalue weighted by molar-refractivity contribution is -0.127. The van der Waals surface area contributed by atoms with Gasteiger partial charge in [-0.05, 0) is 39.8 Å². The van der Waals surface area contributed by atoms with Gasteiger partial charge in [0.15, 0.2) is 6.17 Å². The Morgan fingerprint density at radius 2 is 2.00 bits per heavy atom. The summed E-state index contributed by atoms with van der Waals surface area (Å²) in [5.41, 5.74) is 0. The molecule has 0 radical (unpaired) electrons. The van der Waals surface area contributed by atoms with E-state index in [4.69, 9.17) is 11.6 Å². The zero-order chi connectivity index (χ0) is 18.2. The molecule has 138 valence electrons. The Morgan fingerprint density at radius 3 is 2.60 bits per heavy atom. The maximum Gasteiger partial charge on any atom is 0.334 e. The van der Waals surface area contributed by atoms with E-state index in [0.717, 1.165) is 30.8 Å². The summed E-state index contributed by atoms with van der Waals surface area (Å²) in [5.74, 6) is -0.694. The van der Waals surface area contributed by atoms with Crippen LogP contribution < -0.4 is 10.6 Å². The lowest BCUT2D eigenvalue weighted by atomic mass is 10.0. The third-order valence-electron chi connectivity index (χ3n) is 4.98. The van der Waals surface area contributed by atoms with E-state index < -0.39 is 29.1 Å². The van der Waals surface area contributed by atoms with Crippen LogP contribution >= 0.6 is 11.6 Å². The molecule has 0 bridgehead atoms. The molecule has 0 saturated carbocycles. The number of urea groups is 2. The molecule has 0 spiro atoms. The molecule has 2 unspecified atom stereocenters. The van der Waals surface area contributed by atoms with Gasteiger partial charge >= 0.3 is 12.1 Å². The van der Waals surface area contributed by atoms with Gasteiger partial charge in [0.25, 0.3) is 10.9 Å². The van der Waals surface area contributed by atoms with Gasteiger partial charge in [-0.3, -0.25) is 10.1 Å². The lowest BCUT2D eigenvalue weighted by Crippen LogP contribution is -2.72. The highest BCUT2D eigenvalue weighted by Crippen LogP contribution is 2.38. The van der Waals surface area contributed by atoms with Crippen LogP contribution in [0.3, 0.4) is 0 Å². The molecule has 10 heteroatoms. The summed E-state index contributed by atoms with van der Waals surface area (Å²) >= 11 is 6.50. The Kier molecular flexibility index (Phi) is 4.88. The van der Waals surface area contributed by atoms with Crippen molar-refractivity contribution in [2.75, 3.05) is 26.2 Å². The number of halogens is 1. The van der Waals surface area contributed by atoms with Crippen molar-refractivity contribution < 1.29 is 14.4 Å². The van der Waals surface area contributed by atoms with Crippen LogP contribution in [0.1, 0.15) is 26.7 Å². The molecular formula is C15H23ClN6O3. The van der Waals surface area contributed by atoms with Crippen LogP contribution in [0.5, 0.6) is 0 Å². The van der Waals surface area contributed by atoms with Crippen molar-refractivity contribution in [3.05, 3.63) is 0 Å². The third-order valence-corrected chi connectivity index (χ3v) is 5.44. The van der Waals surface area contributed by atoms with E-state index in [1.807, 2.05) is 13.8 Å². The monoisotopic (exact) mass is 370 g/mol. The van der Waals surface area contributed by atoms with Crippen LogP contribution in [0.2, 0.25) is 0 Å². The second-order valence-electron chi connectivity index (χ2n) is 6.30.